The van der Waals surface area contributed by atoms with Crippen molar-refractivity contribution in [2.45, 2.75) is 23.6 Å². The molecule has 0 aliphatic carbocycles. The van der Waals surface area contributed by atoms with Gasteiger partial charge in [0.05, 0.1) is 9.79 Å². The number of carbonyl (C=O) groups is 1. The van der Waals surface area contributed by atoms with Crippen LogP contribution in [0, 0.1) is 0 Å². The van der Waals surface area contributed by atoms with Crippen molar-refractivity contribution in [3.05, 3.63) is 24.3 Å². The number of sulfonamides is 2. The maximum atomic E-state index is 12.4. The van der Waals surface area contributed by atoms with Crippen molar-refractivity contribution in [3.8, 4) is 0 Å². The van der Waals surface area contributed by atoms with Gasteiger partial charge in [-0.1, -0.05) is 19.9 Å². The van der Waals surface area contributed by atoms with Crippen LogP contribution in [0.1, 0.15) is 13.8 Å². The molecular weight excluding hydrogens is 344 g/mol. The van der Waals surface area contributed by atoms with Crippen LogP contribution in [0.4, 0.5) is 0 Å². The quantitative estimate of drug-likeness (QED) is 0.715. The number of carboxylic acids is 1. The van der Waals surface area contributed by atoms with Crippen LogP contribution < -0.4 is 0 Å². The van der Waals surface area contributed by atoms with Gasteiger partial charge in [0.25, 0.3) is 0 Å². The first-order chi connectivity index (χ1) is 10.6. The molecule has 1 aromatic rings. The average molecular weight is 364 g/mol. The van der Waals surface area contributed by atoms with Crippen molar-refractivity contribution in [1.82, 2.24) is 8.61 Å². The fraction of sp³-hybridized carbons (Fsp3) is 0.462. The van der Waals surface area contributed by atoms with Crippen molar-refractivity contribution in [1.29, 1.82) is 0 Å². The van der Waals surface area contributed by atoms with Crippen LogP contribution in [-0.4, -0.2) is 63.2 Å². The summed E-state index contributed by atoms with van der Waals surface area (Å²) in [6, 6.07) is 4.90. The Morgan fingerprint density at radius 1 is 1.04 bits per heavy atom. The van der Waals surface area contributed by atoms with Gasteiger partial charge in [-0.25, -0.2) is 16.8 Å². The fourth-order valence-electron chi connectivity index (χ4n) is 1.96. The monoisotopic (exact) mass is 364 g/mol. The van der Waals surface area contributed by atoms with Gasteiger partial charge in [-0.2, -0.15) is 8.61 Å². The van der Waals surface area contributed by atoms with E-state index in [1.807, 2.05) is 0 Å². The Morgan fingerprint density at radius 2 is 1.52 bits per heavy atom. The highest BCUT2D eigenvalue weighted by molar-refractivity contribution is 7.90. The predicted octanol–water partition coefficient (Wildman–Crippen LogP) is 0.422. The van der Waals surface area contributed by atoms with E-state index in [9.17, 15) is 21.6 Å². The van der Waals surface area contributed by atoms with Crippen LogP contribution in [0.15, 0.2) is 34.1 Å². The lowest BCUT2D eigenvalue weighted by Gasteiger charge is -2.19. The fourth-order valence-corrected chi connectivity index (χ4v) is 4.71. The molecule has 1 rings (SSSR count). The van der Waals surface area contributed by atoms with Gasteiger partial charge in [0.1, 0.15) is 6.54 Å². The minimum Gasteiger partial charge on any atom is -0.480 e. The zero-order valence-electron chi connectivity index (χ0n) is 13.1. The van der Waals surface area contributed by atoms with Crippen LogP contribution in [0.5, 0.6) is 0 Å². The molecular formula is C13H20N2O6S2. The second-order valence-corrected chi connectivity index (χ2v) is 8.70. The predicted molar refractivity (Wildman–Crippen MR) is 84.0 cm³/mol. The van der Waals surface area contributed by atoms with Gasteiger partial charge in [0.2, 0.25) is 20.0 Å². The van der Waals surface area contributed by atoms with E-state index in [-0.39, 0.29) is 22.9 Å². The number of aliphatic carboxylic acids is 1. The van der Waals surface area contributed by atoms with Gasteiger partial charge in [-0.05, 0) is 18.2 Å². The molecule has 8 nitrogen and oxygen atoms in total. The lowest BCUT2D eigenvalue weighted by molar-refractivity contribution is -0.137. The minimum absolute atomic E-state index is 0.147. The van der Waals surface area contributed by atoms with E-state index >= 15 is 0 Å². The van der Waals surface area contributed by atoms with Crippen LogP contribution in [0.2, 0.25) is 0 Å². The van der Waals surface area contributed by atoms with E-state index in [4.69, 9.17) is 5.11 Å². The SMILES string of the molecule is CCN(CC)S(=O)(=O)c1cccc(S(=O)(=O)N(C)CC(=O)O)c1. The Kier molecular flexibility index (Phi) is 6.28. The molecule has 130 valence electrons. The number of benzene rings is 1. The summed E-state index contributed by atoms with van der Waals surface area (Å²) in [5, 5.41) is 8.71. The normalized spacial score (nSPS) is 12.7. The Hall–Kier alpha value is -1.49. The molecule has 0 radical (unpaired) electrons. The van der Waals surface area contributed by atoms with Crippen molar-refractivity contribution in [2.24, 2.45) is 0 Å². The van der Waals surface area contributed by atoms with Crippen molar-refractivity contribution in [3.63, 3.8) is 0 Å². The van der Waals surface area contributed by atoms with Gasteiger partial charge in [0.15, 0.2) is 0 Å². The van der Waals surface area contributed by atoms with E-state index < -0.39 is 32.6 Å². The zero-order valence-corrected chi connectivity index (χ0v) is 14.8. The zero-order chi connectivity index (χ0) is 17.8. The highest BCUT2D eigenvalue weighted by atomic mass is 32.2. The molecule has 23 heavy (non-hydrogen) atoms. The summed E-state index contributed by atoms with van der Waals surface area (Å²) in [6.45, 7) is 3.17. The van der Waals surface area contributed by atoms with E-state index in [0.29, 0.717) is 4.31 Å². The third-order valence-electron chi connectivity index (χ3n) is 3.21. The molecule has 0 atom stereocenters. The lowest BCUT2D eigenvalue weighted by atomic mass is 10.4. The molecule has 0 aliphatic rings. The molecule has 10 heteroatoms. The molecule has 0 unspecified atom stereocenters. The molecule has 0 spiro atoms. The second kappa shape index (κ2) is 7.39. The molecule has 0 amide bonds. The number of hydrogen-bond donors (Lipinski definition) is 1. The number of hydrogen-bond acceptors (Lipinski definition) is 5. The van der Waals surface area contributed by atoms with E-state index in [1.165, 1.54) is 22.5 Å². The average Bonchev–Trinajstić information content (AvgIpc) is 2.47. The molecule has 0 saturated carbocycles. The molecule has 0 saturated heterocycles. The standard InChI is InChI=1S/C13H20N2O6S2/c1-4-15(5-2)23(20,21)12-8-6-7-11(9-12)22(18,19)14(3)10-13(16)17/h6-9H,4-5,10H2,1-3H3,(H,16,17). The number of carboxylic acid groups (broad SMARTS) is 1. The van der Waals surface area contributed by atoms with Crippen LogP contribution in [0.3, 0.4) is 0 Å². The summed E-state index contributed by atoms with van der Waals surface area (Å²) < 4.78 is 51.4. The smallest absolute Gasteiger partial charge is 0.318 e. The van der Waals surface area contributed by atoms with Crippen molar-refractivity contribution < 1.29 is 26.7 Å². The van der Waals surface area contributed by atoms with Gasteiger partial charge < -0.3 is 5.11 Å². The van der Waals surface area contributed by atoms with Gasteiger partial charge in [-0.15, -0.1) is 0 Å². The Bertz CT molecular complexity index is 769. The second-order valence-electron chi connectivity index (χ2n) is 4.72. The highest BCUT2D eigenvalue weighted by Gasteiger charge is 2.26. The van der Waals surface area contributed by atoms with E-state index in [2.05, 4.69) is 0 Å². The lowest BCUT2D eigenvalue weighted by Crippen LogP contribution is -2.33. The molecule has 0 heterocycles. The summed E-state index contributed by atoms with van der Waals surface area (Å²) in [5.74, 6) is -1.30. The molecule has 0 bridgehead atoms. The molecule has 0 aliphatic heterocycles. The Balaban J connectivity index is 3.32. The van der Waals surface area contributed by atoms with Crippen LogP contribution in [0.25, 0.3) is 0 Å². The van der Waals surface area contributed by atoms with Gasteiger partial charge >= 0.3 is 5.97 Å². The summed E-state index contributed by atoms with van der Waals surface area (Å²) >= 11 is 0. The van der Waals surface area contributed by atoms with E-state index in [1.54, 1.807) is 13.8 Å². The first-order valence-corrected chi connectivity index (χ1v) is 9.73. The van der Waals surface area contributed by atoms with E-state index in [0.717, 1.165) is 13.1 Å². The Morgan fingerprint density at radius 3 is 1.96 bits per heavy atom. The van der Waals surface area contributed by atoms with Crippen molar-refractivity contribution in [2.75, 3.05) is 26.7 Å². The third-order valence-corrected chi connectivity index (χ3v) is 7.06. The molecule has 0 fully saturated rings. The Labute approximate surface area is 136 Å². The van der Waals surface area contributed by atoms with Gasteiger partial charge in [-0.3, -0.25) is 4.79 Å². The first kappa shape index (κ1) is 19.6. The summed E-state index contributed by atoms with van der Waals surface area (Å²) in [5.41, 5.74) is 0. The first-order valence-electron chi connectivity index (χ1n) is 6.85. The summed E-state index contributed by atoms with van der Waals surface area (Å²) in [7, 11) is -6.77. The highest BCUT2D eigenvalue weighted by Crippen LogP contribution is 2.21. The van der Waals surface area contributed by atoms with Crippen LogP contribution >= 0.6 is 0 Å². The molecule has 0 aromatic heterocycles. The maximum Gasteiger partial charge on any atom is 0.318 e. The maximum absolute atomic E-state index is 12.4. The number of nitrogens with zero attached hydrogens (tertiary/aromatic N) is 2. The van der Waals surface area contributed by atoms with Gasteiger partial charge in [0, 0.05) is 20.1 Å². The number of rotatable bonds is 8. The largest absolute Gasteiger partial charge is 0.480 e. The minimum atomic E-state index is -4.09. The van der Waals surface area contributed by atoms with Crippen LogP contribution in [-0.2, 0) is 24.8 Å². The summed E-state index contributed by atoms with van der Waals surface area (Å²) in [6.07, 6.45) is 0. The molecule has 1 aromatic carbocycles. The summed E-state index contributed by atoms with van der Waals surface area (Å²) in [4.78, 5) is 10.3. The molecule has 1 N–H and O–H groups in total. The third kappa shape index (κ3) is 4.28. The topological polar surface area (TPSA) is 112 Å². The van der Waals surface area contributed by atoms with Crippen molar-refractivity contribution >= 4 is 26.0 Å². The number of likely N-dealkylation sites (N-methyl/N-ethyl adjacent to an activating group) is 1.